The molecule has 7 heteroatoms. The lowest BCUT2D eigenvalue weighted by Crippen LogP contribution is -2.15. The molecule has 0 aliphatic carbocycles. The number of anilines is 1. The van der Waals surface area contributed by atoms with Gasteiger partial charge in [0.2, 0.25) is 5.91 Å². The van der Waals surface area contributed by atoms with Crippen LogP contribution < -0.4 is 5.32 Å². The maximum atomic E-state index is 13.0. The molecule has 1 heterocycles. The molecule has 0 fully saturated rings. The molecule has 2 aromatic carbocycles. The minimum Gasteiger partial charge on any atom is -0.325 e. The van der Waals surface area contributed by atoms with Crippen LogP contribution in [0.1, 0.15) is 25.2 Å². The van der Waals surface area contributed by atoms with E-state index >= 15 is 0 Å². The fraction of sp³-hybridized carbons (Fsp3) is 0.318. The number of nitrogens with zero attached hydrogens (tertiary/aromatic N) is 3. The van der Waals surface area contributed by atoms with Gasteiger partial charge in [-0.1, -0.05) is 55.9 Å². The van der Waals surface area contributed by atoms with Gasteiger partial charge in [-0.25, -0.2) is 4.39 Å². The Bertz CT molecular complexity index is 926. The molecule has 0 saturated carbocycles. The summed E-state index contributed by atoms with van der Waals surface area (Å²) in [6.45, 7) is 5.10. The Morgan fingerprint density at radius 3 is 2.48 bits per heavy atom. The molecule has 3 rings (SSSR count). The van der Waals surface area contributed by atoms with Crippen LogP contribution in [0.25, 0.3) is 0 Å². The number of aromatic nitrogens is 3. The molecule has 0 unspecified atom stereocenters. The predicted octanol–water partition coefficient (Wildman–Crippen LogP) is 4.59. The Morgan fingerprint density at radius 2 is 1.79 bits per heavy atom. The van der Waals surface area contributed by atoms with Crippen molar-refractivity contribution in [2.45, 2.75) is 38.4 Å². The van der Waals surface area contributed by atoms with Gasteiger partial charge < -0.3 is 9.88 Å². The Kier molecular flexibility index (Phi) is 7.41. The summed E-state index contributed by atoms with van der Waals surface area (Å²) in [5, 5.41) is 12.2. The zero-order chi connectivity index (χ0) is 20.6. The lowest BCUT2D eigenvalue weighted by Gasteiger charge is -2.12. The van der Waals surface area contributed by atoms with Gasteiger partial charge in [0.1, 0.15) is 11.6 Å². The zero-order valence-electron chi connectivity index (χ0n) is 16.6. The van der Waals surface area contributed by atoms with Crippen LogP contribution in [0.15, 0.2) is 59.8 Å². The van der Waals surface area contributed by atoms with E-state index in [-0.39, 0.29) is 17.5 Å². The van der Waals surface area contributed by atoms with Crippen molar-refractivity contribution in [3.63, 3.8) is 0 Å². The first-order valence-electron chi connectivity index (χ1n) is 9.65. The van der Waals surface area contributed by atoms with Gasteiger partial charge in [0.15, 0.2) is 5.16 Å². The average molecular weight is 413 g/mol. The Labute approximate surface area is 174 Å². The van der Waals surface area contributed by atoms with Gasteiger partial charge in [-0.05, 0) is 42.2 Å². The molecular weight excluding hydrogens is 387 g/mol. The van der Waals surface area contributed by atoms with E-state index in [1.165, 1.54) is 29.5 Å². The summed E-state index contributed by atoms with van der Waals surface area (Å²) in [5.74, 6) is 1.10. The van der Waals surface area contributed by atoms with E-state index in [0.29, 0.717) is 11.6 Å². The second kappa shape index (κ2) is 10.2. The summed E-state index contributed by atoms with van der Waals surface area (Å²) < 4.78 is 15.1. The van der Waals surface area contributed by atoms with Gasteiger partial charge in [0.25, 0.3) is 0 Å². The second-order valence-corrected chi connectivity index (χ2v) is 8.18. The molecular formula is C22H25FN4OS. The van der Waals surface area contributed by atoms with E-state index in [0.717, 1.165) is 30.4 Å². The largest absolute Gasteiger partial charge is 0.325 e. The molecule has 5 nitrogen and oxygen atoms in total. The maximum Gasteiger partial charge on any atom is 0.234 e. The molecule has 1 amide bonds. The molecule has 0 aliphatic rings. The van der Waals surface area contributed by atoms with Crippen molar-refractivity contribution in [2.24, 2.45) is 5.92 Å². The van der Waals surface area contributed by atoms with Crippen LogP contribution in [0.3, 0.4) is 0 Å². The molecule has 0 spiro atoms. The first kappa shape index (κ1) is 21.0. The first-order valence-corrected chi connectivity index (χ1v) is 10.6. The number of carbonyl (C=O) groups excluding carboxylic acids is 1. The Hall–Kier alpha value is -2.67. The minimum absolute atomic E-state index is 0.161. The third-order valence-corrected chi connectivity index (χ3v) is 5.25. The normalized spacial score (nSPS) is 11.0. The van der Waals surface area contributed by atoms with E-state index < -0.39 is 0 Å². The highest BCUT2D eigenvalue weighted by atomic mass is 32.2. The van der Waals surface area contributed by atoms with Gasteiger partial charge in [0.05, 0.1) is 5.75 Å². The van der Waals surface area contributed by atoms with Crippen molar-refractivity contribution in [3.8, 4) is 0 Å². The lowest BCUT2D eigenvalue weighted by atomic mass is 10.1. The number of hydrogen-bond donors (Lipinski definition) is 1. The van der Waals surface area contributed by atoms with E-state index in [1.807, 2.05) is 18.2 Å². The number of rotatable bonds is 9. The molecule has 0 aliphatic heterocycles. The van der Waals surface area contributed by atoms with Crippen LogP contribution in [0.2, 0.25) is 0 Å². The molecule has 0 bridgehead atoms. The second-order valence-electron chi connectivity index (χ2n) is 7.23. The van der Waals surface area contributed by atoms with Crippen molar-refractivity contribution in [2.75, 3.05) is 11.1 Å². The van der Waals surface area contributed by atoms with Crippen LogP contribution in [0.4, 0.5) is 10.1 Å². The molecule has 3 aromatic rings. The van der Waals surface area contributed by atoms with E-state index in [2.05, 4.69) is 46.1 Å². The molecule has 29 heavy (non-hydrogen) atoms. The molecule has 1 N–H and O–H groups in total. The van der Waals surface area contributed by atoms with Gasteiger partial charge in [-0.15, -0.1) is 10.2 Å². The van der Waals surface area contributed by atoms with E-state index in [9.17, 15) is 9.18 Å². The molecule has 0 saturated heterocycles. The number of hydrogen-bond acceptors (Lipinski definition) is 4. The number of nitrogens with one attached hydrogen (secondary N) is 1. The van der Waals surface area contributed by atoms with Crippen molar-refractivity contribution in [1.29, 1.82) is 0 Å². The number of halogens is 1. The van der Waals surface area contributed by atoms with E-state index in [1.54, 1.807) is 12.1 Å². The minimum atomic E-state index is -0.331. The van der Waals surface area contributed by atoms with Crippen LogP contribution in [0.5, 0.6) is 0 Å². The van der Waals surface area contributed by atoms with Crippen molar-refractivity contribution < 1.29 is 9.18 Å². The van der Waals surface area contributed by atoms with Crippen LogP contribution in [-0.2, 0) is 24.2 Å². The van der Waals surface area contributed by atoms with Crippen LogP contribution in [-0.4, -0.2) is 26.4 Å². The standard InChI is InChI=1S/C22H25FN4OS/c1-16(2)14-27-20(13-8-17-6-4-3-5-7-17)25-26-22(27)29-15-21(28)24-19-11-9-18(23)10-12-19/h3-7,9-12,16H,8,13-15H2,1-2H3,(H,24,28). The summed E-state index contributed by atoms with van der Waals surface area (Å²) in [6.07, 6.45) is 1.69. The topological polar surface area (TPSA) is 59.8 Å². The fourth-order valence-corrected chi connectivity index (χ4v) is 3.69. The van der Waals surface area contributed by atoms with Gasteiger partial charge >= 0.3 is 0 Å². The zero-order valence-corrected chi connectivity index (χ0v) is 17.5. The molecule has 1 aromatic heterocycles. The summed E-state index contributed by atoms with van der Waals surface area (Å²) in [5.41, 5.74) is 1.84. The quantitative estimate of drug-likeness (QED) is 0.522. The van der Waals surface area contributed by atoms with Gasteiger partial charge in [-0.2, -0.15) is 0 Å². The highest BCUT2D eigenvalue weighted by Gasteiger charge is 2.15. The summed E-state index contributed by atoms with van der Waals surface area (Å²) in [7, 11) is 0. The first-order chi connectivity index (χ1) is 14.0. The molecule has 152 valence electrons. The fourth-order valence-electron chi connectivity index (χ4n) is 2.92. The Morgan fingerprint density at radius 1 is 1.07 bits per heavy atom. The number of thioether (sulfide) groups is 1. The SMILES string of the molecule is CC(C)Cn1c(CCc2ccccc2)nnc1SCC(=O)Nc1ccc(F)cc1. The smallest absolute Gasteiger partial charge is 0.234 e. The number of benzene rings is 2. The highest BCUT2D eigenvalue weighted by molar-refractivity contribution is 7.99. The summed E-state index contributed by atoms with van der Waals surface area (Å²) in [6, 6.07) is 16.0. The third-order valence-electron chi connectivity index (χ3n) is 4.28. The van der Waals surface area contributed by atoms with Crippen LogP contribution >= 0.6 is 11.8 Å². The molecule has 0 atom stereocenters. The lowest BCUT2D eigenvalue weighted by molar-refractivity contribution is -0.113. The number of aryl methyl sites for hydroxylation is 2. The highest BCUT2D eigenvalue weighted by Crippen LogP contribution is 2.20. The Balaban J connectivity index is 1.62. The van der Waals surface area contributed by atoms with E-state index in [4.69, 9.17) is 0 Å². The number of amides is 1. The third kappa shape index (κ3) is 6.42. The number of carbonyl (C=O) groups is 1. The van der Waals surface area contributed by atoms with Crippen molar-refractivity contribution in [1.82, 2.24) is 14.8 Å². The van der Waals surface area contributed by atoms with Crippen molar-refractivity contribution >= 4 is 23.4 Å². The van der Waals surface area contributed by atoms with Crippen LogP contribution in [0, 0.1) is 11.7 Å². The monoisotopic (exact) mass is 412 g/mol. The van der Waals surface area contributed by atoms with Gasteiger partial charge in [-0.3, -0.25) is 4.79 Å². The summed E-state index contributed by atoms with van der Waals surface area (Å²) in [4.78, 5) is 12.2. The maximum absolute atomic E-state index is 13.0. The van der Waals surface area contributed by atoms with Gasteiger partial charge in [0, 0.05) is 18.7 Å². The average Bonchev–Trinajstić information content (AvgIpc) is 3.08. The molecule has 0 radical (unpaired) electrons. The van der Waals surface area contributed by atoms with Crippen molar-refractivity contribution in [3.05, 3.63) is 71.8 Å². The summed E-state index contributed by atoms with van der Waals surface area (Å²) >= 11 is 1.37. The predicted molar refractivity (Wildman–Crippen MR) is 114 cm³/mol.